The Morgan fingerprint density at radius 2 is 2.13 bits per heavy atom. The molecule has 0 radical (unpaired) electrons. The van der Waals surface area contributed by atoms with Gasteiger partial charge in [0.05, 0.1) is 5.41 Å². The van der Waals surface area contributed by atoms with Crippen LogP contribution in [0.1, 0.15) is 31.2 Å². The first-order chi connectivity index (χ1) is 7.22. The molecule has 4 heteroatoms. The molecule has 1 aromatic heterocycles. The number of anilines is 1. The molecule has 0 saturated heterocycles. The number of rotatable bonds is 0. The van der Waals surface area contributed by atoms with Crippen LogP contribution in [0.25, 0.3) is 0 Å². The van der Waals surface area contributed by atoms with E-state index in [-0.39, 0.29) is 11.3 Å². The molecule has 1 aromatic rings. The zero-order valence-electron chi connectivity index (χ0n) is 8.22. The second kappa shape index (κ2) is 3.04. The largest absolute Gasteiger partial charge is 0.310 e. The lowest BCUT2D eigenvalue weighted by Gasteiger charge is -2.19. The van der Waals surface area contributed by atoms with Gasteiger partial charge in [0.2, 0.25) is 5.91 Å². The van der Waals surface area contributed by atoms with E-state index in [4.69, 9.17) is 0 Å². The first-order valence-corrected chi connectivity index (χ1v) is 5.99. The highest BCUT2D eigenvalue weighted by molar-refractivity contribution is 9.10. The number of nitrogens with zero attached hydrogens (tertiary/aromatic N) is 1. The Morgan fingerprint density at radius 3 is 2.87 bits per heavy atom. The summed E-state index contributed by atoms with van der Waals surface area (Å²) in [5.74, 6) is 0.894. The van der Waals surface area contributed by atoms with Gasteiger partial charge >= 0.3 is 0 Å². The van der Waals surface area contributed by atoms with E-state index in [0.717, 1.165) is 41.5 Å². The van der Waals surface area contributed by atoms with E-state index in [9.17, 15) is 4.79 Å². The summed E-state index contributed by atoms with van der Waals surface area (Å²) in [6, 6.07) is 2.03. The summed E-state index contributed by atoms with van der Waals surface area (Å²) in [4.78, 5) is 16.2. The standard InChI is InChI=1S/C11H11BrN2O/c12-7-5-8-9(13-6-7)14-10(15)11(8)3-1-2-4-11/h5-6H,1-4H2,(H,13,14,15). The summed E-state index contributed by atoms with van der Waals surface area (Å²) in [7, 11) is 0. The van der Waals surface area contributed by atoms with Gasteiger partial charge in [-0.1, -0.05) is 12.8 Å². The van der Waals surface area contributed by atoms with Crippen molar-refractivity contribution in [3.05, 3.63) is 22.3 Å². The van der Waals surface area contributed by atoms with Crippen molar-refractivity contribution in [2.45, 2.75) is 31.1 Å². The molecule has 1 saturated carbocycles. The van der Waals surface area contributed by atoms with E-state index >= 15 is 0 Å². The van der Waals surface area contributed by atoms with Crippen LogP contribution in [0.5, 0.6) is 0 Å². The molecule has 0 unspecified atom stereocenters. The fraction of sp³-hybridized carbons (Fsp3) is 0.455. The molecule has 1 amide bonds. The number of fused-ring (bicyclic) bond motifs is 2. The smallest absolute Gasteiger partial charge is 0.236 e. The normalized spacial score (nSPS) is 21.8. The van der Waals surface area contributed by atoms with E-state index in [2.05, 4.69) is 26.2 Å². The summed E-state index contributed by atoms with van der Waals surface area (Å²) < 4.78 is 0.948. The van der Waals surface area contributed by atoms with E-state index in [1.807, 2.05) is 6.07 Å². The van der Waals surface area contributed by atoms with Gasteiger partial charge in [-0.15, -0.1) is 0 Å². The Hall–Kier alpha value is -0.900. The molecular weight excluding hydrogens is 256 g/mol. The Bertz CT molecular complexity index is 438. The molecule has 78 valence electrons. The van der Waals surface area contributed by atoms with Crippen LogP contribution in [-0.4, -0.2) is 10.9 Å². The molecule has 0 aromatic carbocycles. The van der Waals surface area contributed by atoms with Gasteiger partial charge in [0, 0.05) is 16.2 Å². The van der Waals surface area contributed by atoms with Crippen LogP contribution in [-0.2, 0) is 10.2 Å². The van der Waals surface area contributed by atoms with Crippen LogP contribution in [0.2, 0.25) is 0 Å². The van der Waals surface area contributed by atoms with Crippen molar-refractivity contribution >= 4 is 27.7 Å². The summed E-state index contributed by atoms with van der Waals surface area (Å²) in [5.41, 5.74) is 0.811. The third kappa shape index (κ3) is 1.17. The average molecular weight is 267 g/mol. The van der Waals surface area contributed by atoms with Crippen molar-refractivity contribution in [3.63, 3.8) is 0 Å². The molecule has 3 rings (SSSR count). The SMILES string of the molecule is O=C1Nc2ncc(Br)cc2C12CCCC2. The number of nitrogens with one attached hydrogen (secondary N) is 1. The fourth-order valence-electron chi connectivity index (χ4n) is 2.73. The zero-order valence-corrected chi connectivity index (χ0v) is 9.80. The maximum Gasteiger partial charge on any atom is 0.236 e. The van der Waals surface area contributed by atoms with Crippen molar-refractivity contribution in [2.75, 3.05) is 5.32 Å². The Kier molecular flexibility index (Phi) is 1.89. The van der Waals surface area contributed by atoms with Crippen LogP contribution in [0.3, 0.4) is 0 Å². The molecule has 3 nitrogen and oxygen atoms in total. The monoisotopic (exact) mass is 266 g/mol. The number of pyridine rings is 1. The molecule has 2 heterocycles. The maximum atomic E-state index is 12.0. The maximum absolute atomic E-state index is 12.0. The Balaban J connectivity index is 2.19. The number of hydrogen-bond donors (Lipinski definition) is 1. The van der Waals surface area contributed by atoms with Crippen molar-refractivity contribution in [2.24, 2.45) is 0 Å². The van der Waals surface area contributed by atoms with E-state index in [0.29, 0.717) is 0 Å². The zero-order chi connectivity index (χ0) is 10.5. The first-order valence-electron chi connectivity index (χ1n) is 5.20. The fourth-order valence-corrected chi connectivity index (χ4v) is 3.06. The summed E-state index contributed by atoms with van der Waals surface area (Å²) in [5, 5.41) is 2.89. The van der Waals surface area contributed by atoms with Gasteiger partial charge in [0.15, 0.2) is 0 Å². The van der Waals surface area contributed by atoms with Crippen LogP contribution in [0, 0.1) is 0 Å². The summed E-state index contributed by atoms with van der Waals surface area (Å²) >= 11 is 3.41. The Morgan fingerprint density at radius 1 is 1.40 bits per heavy atom. The molecule has 15 heavy (non-hydrogen) atoms. The van der Waals surface area contributed by atoms with Crippen LogP contribution >= 0.6 is 15.9 Å². The molecule has 1 fully saturated rings. The predicted molar refractivity (Wildman–Crippen MR) is 60.7 cm³/mol. The molecule has 1 spiro atoms. The topological polar surface area (TPSA) is 42.0 Å². The van der Waals surface area contributed by atoms with Crippen molar-refractivity contribution in [1.82, 2.24) is 4.98 Å². The van der Waals surface area contributed by atoms with Gasteiger partial charge in [0.25, 0.3) is 0 Å². The van der Waals surface area contributed by atoms with Gasteiger partial charge in [0.1, 0.15) is 5.82 Å². The van der Waals surface area contributed by atoms with Gasteiger partial charge in [-0.2, -0.15) is 0 Å². The summed E-state index contributed by atoms with van der Waals surface area (Å²) in [6.45, 7) is 0. The average Bonchev–Trinajstić information content (AvgIpc) is 2.78. The van der Waals surface area contributed by atoms with Crippen LogP contribution in [0.15, 0.2) is 16.7 Å². The van der Waals surface area contributed by atoms with E-state index < -0.39 is 0 Å². The highest BCUT2D eigenvalue weighted by atomic mass is 79.9. The quantitative estimate of drug-likeness (QED) is 0.785. The molecule has 0 bridgehead atoms. The number of carbonyl (C=O) groups is 1. The van der Waals surface area contributed by atoms with Crippen LogP contribution in [0.4, 0.5) is 5.82 Å². The first kappa shape index (κ1) is 9.33. The minimum atomic E-state index is -0.272. The predicted octanol–water partition coefficient (Wildman–Crippen LogP) is 2.61. The van der Waals surface area contributed by atoms with Gasteiger partial charge < -0.3 is 5.32 Å². The lowest BCUT2D eigenvalue weighted by Crippen LogP contribution is -2.30. The lowest BCUT2D eigenvalue weighted by atomic mass is 9.81. The second-order valence-electron chi connectivity index (χ2n) is 4.29. The van der Waals surface area contributed by atoms with Crippen molar-refractivity contribution in [3.8, 4) is 0 Å². The van der Waals surface area contributed by atoms with Gasteiger partial charge in [-0.25, -0.2) is 4.98 Å². The van der Waals surface area contributed by atoms with Crippen molar-refractivity contribution < 1.29 is 4.79 Å². The third-order valence-electron chi connectivity index (χ3n) is 3.49. The second-order valence-corrected chi connectivity index (χ2v) is 5.21. The van der Waals surface area contributed by atoms with E-state index in [1.165, 1.54) is 0 Å². The van der Waals surface area contributed by atoms with Crippen molar-refractivity contribution in [1.29, 1.82) is 0 Å². The van der Waals surface area contributed by atoms with Gasteiger partial charge in [-0.3, -0.25) is 4.79 Å². The minimum absolute atomic E-state index is 0.139. The number of amides is 1. The molecule has 1 aliphatic heterocycles. The molecular formula is C11H11BrN2O. The lowest BCUT2D eigenvalue weighted by molar-refractivity contribution is -0.120. The number of hydrogen-bond acceptors (Lipinski definition) is 2. The number of aromatic nitrogens is 1. The summed E-state index contributed by atoms with van der Waals surface area (Å²) in [6.07, 6.45) is 5.93. The van der Waals surface area contributed by atoms with Gasteiger partial charge in [-0.05, 0) is 34.8 Å². The molecule has 1 N–H and O–H groups in total. The number of carbonyl (C=O) groups excluding carboxylic acids is 1. The molecule has 0 atom stereocenters. The highest BCUT2D eigenvalue weighted by Crippen LogP contribution is 2.48. The Labute approximate surface area is 96.4 Å². The molecule has 2 aliphatic rings. The molecule has 1 aliphatic carbocycles. The number of halogens is 1. The van der Waals surface area contributed by atoms with Crippen LogP contribution < -0.4 is 5.32 Å². The van der Waals surface area contributed by atoms with E-state index in [1.54, 1.807) is 6.20 Å². The minimum Gasteiger partial charge on any atom is -0.310 e. The third-order valence-corrected chi connectivity index (χ3v) is 3.93. The highest BCUT2D eigenvalue weighted by Gasteiger charge is 2.49.